The van der Waals surface area contributed by atoms with Crippen LogP contribution in [0, 0.1) is 0 Å². The fraction of sp³-hybridized carbons (Fsp3) is 0.324. The van der Waals surface area contributed by atoms with E-state index in [1.807, 2.05) is 92.8 Å². The van der Waals surface area contributed by atoms with E-state index in [0.717, 1.165) is 38.9 Å². The Kier molecular flexibility index (Phi) is 10.6. The number of aliphatic hydroxyl groups excluding tert-OH is 2. The highest BCUT2D eigenvalue weighted by atomic mass is 16.7. The van der Waals surface area contributed by atoms with E-state index in [-0.39, 0.29) is 30.8 Å². The van der Waals surface area contributed by atoms with Crippen molar-refractivity contribution in [3.63, 3.8) is 0 Å². The van der Waals surface area contributed by atoms with Gasteiger partial charge in [0.15, 0.2) is 6.29 Å². The van der Waals surface area contributed by atoms with Crippen LogP contribution in [0.5, 0.6) is 0 Å². The van der Waals surface area contributed by atoms with Gasteiger partial charge in [-0.25, -0.2) is 0 Å². The summed E-state index contributed by atoms with van der Waals surface area (Å²) in [6.45, 7) is 4.62. The summed E-state index contributed by atoms with van der Waals surface area (Å²) in [5, 5.41) is 23.5. The molecule has 1 saturated heterocycles. The third-order valence-corrected chi connectivity index (χ3v) is 8.36. The van der Waals surface area contributed by atoms with Crippen molar-refractivity contribution >= 4 is 5.91 Å². The Balaban J connectivity index is 1.38. The Labute approximate surface area is 260 Å². The van der Waals surface area contributed by atoms with Crippen molar-refractivity contribution in [2.24, 2.45) is 0 Å². The maximum Gasteiger partial charge on any atom is 0.217 e. The molecule has 1 aliphatic heterocycles. The monoisotopic (exact) mass is 594 g/mol. The summed E-state index contributed by atoms with van der Waals surface area (Å²) < 4.78 is 13.2. The lowest BCUT2D eigenvalue weighted by Crippen LogP contribution is -2.43. The van der Waals surface area contributed by atoms with E-state index in [0.29, 0.717) is 19.5 Å². The molecule has 44 heavy (non-hydrogen) atoms. The number of nitrogens with zero attached hydrogens (tertiary/aromatic N) is 1. The molecule has 0 spiro atoms. The van der Waals surface area contributed by atoms with Gasteiger partial charge in [0, 0.05) is 38.0 Å². The standard InChI is InChI=1S/C37H42N2O5/c1-25(36(42)30-10-5-4-6-11-30)39(3)23-34-21-35(29-17-15-27(24-40)16-18-29)44-37(43-34)33-14-8-13-32(20-33)31-12-7-9-28(19-31)22-38-26(2)41/h4-20,25,34-37,40,42H,21-24H2,1-3H3,(H,38,41). The summed E-state index contributed by atoms with van der Waals surface area (Å²) in [6.07, 6.45) is -0.938. The topological polar surface area (TPSA) is 91.3 Å². The Bertz CT molecular complexity index is 1510. The normalized spacial score (nSPS) is 19.8. The van der Waals surface area contributed by atoms with E-state index < -0.39 is 12.4 Å². The number of hydrogen-bond donors (Lipinski definition) is 3. The first-order chi connectivity index (χ1) is 21.3. The molecule has 4 aromatic carbocycles. The summed E-state index contributed by atoms with van der Waals surface area (Å²) in [7, 11) is 2.02. The van der Waals surface area contributed by atoms with Gasteiger partial charge in [-0.3, -0.25) is 9.69 Å². The van der Waals surface area contributed by atoms with Gasteiger partial charge in [-0.2, -0.15) is 0 Å². The molecule has 1 heterocycles. The second-order valence-electron chi connectivity index (χ2n) is 11.6. The third kappa shape index (κ3) is 8.00. The van der Waals surface area contributed by atoms with Crippen LogP contribution in [0.3, 0.4) is 0 Å². The van der Waals surface area contributed by atoms with Crippen LogP contribution in [-0.4, -0.2) is 46.8 Å². The lowest BCUT2D eigenvalue weighted by molar-refractivity contribution is -0.253. The number of hydrogen-bond acceptors (Lipinski definition) is 6. The SMILES string of the molecule is CC(=O)NCc1cccc(-c2cccc(C3OC(CN(C)C(C)C(O)c4ccccc4)CC(c4ccc(CO)cc4)O3)c2)c1. The Morgan fingerprint density at radius 3 is 2.30 bits per heavy atom. The first-order valence-electron chi connectivity index (χ1n) is 15.2. The van der Waals surface area contributed by atoms with Crippen LogP contribution in [0.15, 0.2) is 103 Å². The average Bonchev–Trinajstić information content (AvgIpc) is 3.07. The Morgan fingerprint density at radius 2 is 1.59 bits per heavy atom. The van der Waals surface area contributed by atoms with Gasteiger partial charge in [0.1, 0.15) is 0 Å². The molecule has 0 aromatic heterocycles. The molecule has 0 aliphatic carbocycles. The van der Waals surface area contributed by atoms with Gasteiger partial charge in [0.25, 0.3) is 0 Å². The van der Waals surface area contributed by atoms with E-state index in [1.165, 1.54) is 6.92 Å². The molecular formula is C37H42N2O5. The molecule has 1 aliphatic rings. The third-order valence-electron chi connectivity index (χ3n) is 8.36. The lowest BCUT2D eigenvalue weighted by atomic mass is 9.97. The maximum atomic E-state index is 11.4. The molecule has 0 bridgehead atoms. The van der Waals surface area contributed by atoms with Crippen molar-refractivity contribution < 1.29 is 24.5 Å². The first-order valence-corrected chi connectivity index (χ1v) is 15.2. The Morgan fingerprint density at radius 1 is 0.886 bits per heavy atom. The van der Waals surface area contributed by atoms with E-state index >= 15 is 0 Å². The maximum absolute atomic E-state index is 11.4. The van der Waals surface area contributed by atoms with Gasteiger partial charge in [0.05, 0.1) is 24.9 Å². The van der Waals surface area contributed by atoms with Crippen LogP contribution in [0.4, 0.5) is 0 Å². The van der Waals surface area contributed by atoms with Crippen molar-refractivity contribution in [3.8, 4) is 11.1 Å². The fourth-order valence-electron chi connectivity index (χ4n) is 5.64. The number of aliphatic hydroxyl groups is 2. The molecule has 230 valence electrons. The Hall–Kier alpha value is -3.85. The summed E-state index contributed by atoms with van der Waals surface area (Å²) >= 11 is 0. The fourth-order valence-corrected chi connectivity index (χ4v) is 5.64. The van der Waals surface area contributed by atoms with Crippen LogP contribution in [-0.2, 0) is 27.4 Å². The smallest absolute Gasteiger partial charge is 0.217 e. The van der Waals surface area contributed by atoms with Gasteiger partial charge >= 0.3 is 0 Å². The minimum atomic E-state index is -0.628. The molecule has 0 saturated carbocycles. The van der Waals surface area contributed by atoms with Crippen LogP contribution in [0.2, 0.25) is 0 Å². The average molecular weight is 595 g/mol. The van der Waals surface area contributed by atoms with Gasteiger partial charge in [-0.05, 0) is 59.5 Å². The summed E-state index contributed by atoms with van der Waals surface area (Å²) in [5.74, 6) is -0.0614. The van der Waals surface area contributed by atoms with Gasteiger partial charge < -0.3 is 25.0 Å². The molecule has 5 unspecified atom stereocenters. The van der Waals surface area contributed by atoms with E-state index in [9.17, 15) is 15.0 Å². The molecule has 1 fully saturated rings. The largest absolute Gasteiger partial charge is 0.392 e. The van der Waals surface area contributed by atoms with Crippen molar-refractivity contribution in [1.82, 2.24) is 10.2 Å². The minimum absolute atomic E-state index is 0.00854. The number of amides is 1. The van der Waals surface area contributed by atoms with Crippen LogP contribution >= 0.6 is 0 Å². The second kappa shape index (κ2) is 14.8. The number of carbonyl (C=O) groups is 1. The van der Waals surface area contributed by atoms with Crippen LogP contribution in [0.1, 0.15) is 66.6 Å². The van der Waals surface area contributed by atoms with Gasteiger partial charge in [-0.15, -0.1) is 0 Å². The predicted octanol–water partition coefficient (Wildman–Crippen LogP) is 6.08. The minimum Gasteiger partial charge on any atom is -0.392 e. The number of carbonyl (C=O) groups excluding carboxylic acids is 1. The summed E-state index contributed by atoms with van der Waals surface area (Å²) in [6, 6.07) is 33.8. The molecule has 4 aromatic rings. The zero-order valence-electron chi connectivity index (χ0n) is 25.6. The number of ether oxygens (including phenoxy) is 2. The van der Waals surface area contributed by atoms with Crippen molar-refractivity contribution in [2.75, 3.05) is 13.6 Å². The molecule has 1 amide bonds. The van der Waals surface area contributed by atoms with Crippen molar-refractivity contribution in [2.45, 2.75) is 64.1 Å². The predicted molar refractivity (Wildman–Crippen MR) is 171 cm³/mol. The molecular weight excluding hydrogens is 552 g/mol. The van der Waals surface area contributed by atoms with E-state index in [2.05, 4.69) is 34.5 Å². The van der Waals surface area contributed by atoms with Gasteiger partial charge in [0.2, 0.25) is 5.91 Å². The molecule has 5 atom stereocenters. The highest BCUT2D eigenvalue weighted by Crippen LogP contribution is 2.39. The highest BCUT2D eigenvalue weighted by molar-refractivity contribution is 5.73. The molecule has 5 rings (SSSR count). The van der Waals surface area contributed by atoms with E-state index in [4.69, 9.17) is 9.47 Å². The van der Waals surface area contributed by atoms with Gasteiger partial charge in [-0.1, -0.05) is 91.0 Å². The second-order valence-corrected chi connectivity index (χ2v) is 11.6. The summed E-state index contributed by atoms with van der Waals surface area (Å²) in [4.78, 5) is 13.6. The van der Waals surface area contributed by atoms with Crippen molar-refractivity contribution in [1.29, 1.82) is 0 Å². The molecule has 3 N–H and O–H groups in total. The summed E-state index contributed by atoms with van der Waals surface area (Å²) in [5.41, 5.74) is 6.78. The number of likely N-dealkylation sites (N-methyl/N-ethyl adjacent to an activating group) is 1. The van der Waals surface area contributed by atoms with E-state index in [1.54, 1.807) is 0 Å². The zero-order valence-corrected chi connectivity index (χ0v) is 25.6. The molecule has 0 radical (unpaired) electrons. The highest BCUT2D eigenvalue weighted by Gasteiger charge is 2.34. The quantitative estimate of drug-likeness (QED) is 0.195. The number of benzene rings is 4. The first kappa shape index (κ1) is 31.6. The zero-order chi connectivity index (χ0) is 31.1. The van der Waals surface area contributed by atoms with Crippen molar-refractivity contribution in [3.05, 3.63) is 131 Å². The lowest BCUT2D eigenvalue weighted by Gasteiger charge is -2.39. The molecule has 7 heteroatoms. The molecule has 7 nitrogen and oxygen atoms in total. The number of rotatable bonds is 11. The number of nitrogens with one attached hydrogen (secondary N) is 1. The van der Waals surface area contributed by atoms with Crippen LogP contribution in [0.25, 0.3) is 11.1 Å². The van der Waals surface area contributed by atoms with Crippen LogP contribution < -0.4 is 5.32 Å².